The molecule has 0 spiro atoms. The predicted octanol–water partition coefficient (Wildman–Crippen LogP) is 3.40. The average Bonchev–Trinajstić information content (AvgIpc) is 2.45. The van der Waals surface area contributed by atoms with Gasteiger partial charge in [0.25, 0.3) is 5.91 Å². The minimum atomic E-state index is -0.501. The van der Waals surface area contributed by atoms with Crippen molar-refractivity contribution in [1.29, 1.82) is 0 Å². The van der Waals surface area contributed by atoms with Crippen LogP contribution in [0.4, 0.5) is 5.69 Å². The van der Waals surface area contributed by atoms with Crippen molar-refractivity contribution in [1.82, 2.24) is 0 Å². The number of hydrogen-bond acceptors (Lipinski definition) is 3. The molecule has 1 N–H and O–H groups in total. The van der Waals surface area contributed by atoms with E-state index in [-0.39, 0.29) is 12.5 Å². The van der Waals surface area contributed by atoms with Crippen molar-refractivity contribution in [2.75, 3.05) is 11.9 Å². The van der Waals surface area contributed by atoms with Gasteiger partial charge in [-0.25, -0.2) is 4.79 Å². The maximum Gasteiger partial charge on any atom is 0.339 e. The summed E-state index contributed by atoms with van der Waals surface area (Å²) < 4.78 is 5.81. The van der Waals surface area contributed by atoms with Crippen molar-refractivity contribution in [2.24, 2.45) is 0 Å². The summed E-state index contributed by atoms with van der Waals surface area (Å²) in [6, 6.07) is 14.5. The van der Waals surface area contributed by atoms with E-state index in [0.29, 0.717) is 11.3 Å². The first-order valence-corrected chi connectivity index (χ1v) is 7.42. The van der Waals surface area contributed by atoms with Gasteiger partial charge < -0.3 is 10.1 Å². The molecule has 0 aliphatic rings. The van der Waals surface area contributed by atoms with Gasteiger partial charge in [0.1, 0.15) is 0 Å². The van der Waals surface area contributed by atoms with Crippen molar-refractivity contribution >= 4 is 40.2 Å². The zero-order valence-electron chi connectivity index (χ0n) is 11.4. The van der Waals surface area contributed by atoms with Gasteiger partial charge in [0.15, 0.2) is 6.61 Å². The molecule has 0 aromatic heterocycles. The highest BCUT2D eigenvalue weighted by Crippen LogP contribution is 2.13. The Morgan fingerprint density at radius 1 is 1.14 bits per heavy atom. The predicted molar refractivity (Wildman–Crippen MR) is 89.3 cm³/mol. The van der Waals surface area contributed by atoms with Crippen molar-refractivity contribution in [3.05, 3.63) is 63.2 Å². The molecule has 0 saturated heterocycles. The molecule has 5 heteroatoms. The normalized spacial score (nSPS) is 10.0. The molecule has 2 aromatic carbocycles. The van der Waals surface area contributed by atoms with E-state index in [1.54, 1.807) is 18.2 Å². The highest BCUT2D eigenvalue weighted by Gasteiger charge is 2.12. The molecule has 0 atom stereocenters. The van der Waals surface area contributed by atoms with E-state index in [1.807, 2.05) is 37.3 Å². The lowest BCUT2D eigenvalue weighted by atomic mass is 10.2. The molecule has 0 unspecified atom stereocenters. The fourth-order valence-electron chi connectivity index (χ4n) is 1.76. The zero-order valence-corrected chi connectivity index (χ0v) is 13.6. The van der Waals surface area contributed by atoms with Crippen molar-refractivity contribution < 1.29 is 14.3 Å². The van der Waals surface area contributed by atoms with Gasteiger partial charge in [-0.3, -0.25) is 4.79 Å². The Hall–Kier alpha value is -1.89. The van der Waals surface area contributed by atoms with Crippen LogP contribution in [0, 0.1) is 10.5 Å². The number of carbonyl (C=O) groups is 2. The number of hydrogen-bond donors (Lipinski definition) is 1. The molecule has 4 nitrogen and oxygen atoms in total. The molecular weight excluding hydrogens is 381 g/mol. The molecule has 0 saturated carbocycles. The van der Waals surface area contributed by atoms with Crippen LogP contribution in [-0.2, 0) is 9.53 Å². The number of carbonyl (C=O) groups excluding carboxylic acids is 2. The number of benzene rings is 2. The average molecular weight is 395 g/mol. The van der Waals surface area contributed by atoms with Crippen LogP contribution in [0.1, 0.15) is 15.9 Å². The number of esters is 1. The van der Waals surface area contributed by atoms with Crippen LogP contribution in [0.2, 0.25) is 0 Å². The van der Waals surface area contributed by atoms with Gasteiger partial charge in [0.2, 0.25) is 0 Å². The summed E-state index contributed by atoms with van der Waals surface area (Å²) in [4.78, 5) is 23.6. The molecule has 0 aliphatic carbocycles. The van der Waals surface area contributed by atoms with Gasteiger partial charge in [0, 0.05) is 9.26 Å². The van der Waals surface area contributed by atoms with Crippen LogP contribution in [0.15, 0.2) is 48.5 Å². The Bertz CT molecular complexity index is 670. The number of rotatable bonds is 4. The molecule has 21 heavy (non-hydrogen) atoms. The summed E-state index contributed by atoms with van der Waals surface area (Å²) in [6.45, 7) is 1.63. The van der Waals surface area contributed by atoms with Crippen molar-refractivity contribution in [3.8, 4) is 0 Å². The van der Waals surface area contributed by atoms with Crippen LogP contribution in [0.25, 0.3) is 0 Å². The van der Waals surface area contributed by atoms with Gasteiger partial charge >= 0.3 is 5.97 Å². The summed E-state index contributed by atoms with van der Waals surface area (Å²) >= 11 is 2.05. The summed E-state index contributed by atoms with van der Waals surface area (Å²) in [5.74, 6) is -0.862. The maximum atomic E-state index is 11.9. The Labute approximate surface area is 136 Å². The van der Waals surface area contributed by atoms with Gasteiger partial charge in [0.05, 0.1) is 5.56 Å². The first kappa shape index (κ1) is 15.5. The molecule has 1 amide bonds. The quantitative estimate of drug-likeness (QED) is 0.638. The van der Waals surface area contributed by atoms with Gasteiger partial charge in [-0.05, 0) is 59.3 Å². The van der Waals surface area contributed by atoms with Gasteiger partial charge in [-0.15, -0.1) is 0 Å². The van der Waals surface area contributed by atoms with Crippen LogP contribution in [0.3, 0.4) is 0 Å². The number of ether oxygens (including phenoxy) is 1. The molecule has 2 rings (SSSR count). The molecule has 0 bridgehead atoms. The minimum absolute atomic E-state index is 0.308. The number of amides is 1. The van der Waals surface area contributed by atoms with E-state index in [0.717, 1.165) is 9.13 Å². The topological polar surface area (TPSA) is 55.4 Å². The highest BCUT2D eigenvalue weighted by atomic mass is 127. The second-order valence-corrected chi connectivity index (χ2v) is 5.64. The fraction of sp³-hybridized carbons (Fsp3) is 0.125. The van der Waals surface area contributed by atoms with Crippen molar-refractivity contribution in [3.63, 3.8) is 0 Å². The van der Waals surface area contributed by atoms with Gasteiger partial charge in [-0.1, -0.05) is 24.3 Å². The standard InChI is InChI=1S/C16H14INO3/c1-11-5-4-6-12(9-11)18-15(19)10-21-16(20)13-7-2-3-8-14(13)17/h2-9H,10H2,1H3,(H,18,19). The highest BCUT2D eigenvalue weighted by molar-refractivity contribution is 14.1. The Balaban J connectivity index is 1.90. The van der Waals surface area contributed by atoms with Crippen LogP contribution >= 0.6 is 22.6 Å². The van der Waals surface area contributed by atoms with Gasteiger partial charge in [-0.2, -0.15) is 0 Å². The van der Waals surface area contributed by atoms with Crippen LogP contribution < -0.4 is 5.32 Å². The van der Waals surface area contributed by atoms with E-state index in [9.17, 15) is 9.59 Å². The van der Waals surface area contributed by atoms with E-state index in [2.05, 4.69) is 27.9 Å². The summed E-state index contributed by atoms with van der Waals surface area (Å²) in [7, 11) is 0. The lowest BCUT2D eigenvalue weighted by molar-refractivity contribution is -0.119. The lowest BCUT2D eigenvalue weighted by Crippen LogP contribution is -2.21. The number of halogens is 1. The monoisotopic (exact) mass is 395 g/mol. The summed E-state index contributed by atoms with van der Waals surface area (Å²) in [5, 5.41) is 2.69. The third kappa shape index (κ3) is 4.56. The lowest BCUT2D eigenvalue weighted by Gasteiger charge is -2.08. The Kier molecular flexibility index (Phi) is 5.32. The fourth-order valence-corrected chi connectivity index (χ4v) is 2.36. The Morgan fingerprint density at radius 3 is 2.62 bits per heavy atom. The van der Waals surface area contributed by atoms with E-state index in [1.165, 1.54) is 0 Å². The molecule has 2 aromatic rings. The SMILES string of the molecule is Cc1cccc(NC(=O)COC(=O)c2ccccc2I)c1. The summed E-state index contributed by atoms with van der Waals surface area (Å²) in [6.07, 6.45) is 0. The molecular formula is C16H14INO3. The molecule has 108 valence electrons. The van der Waals surface area contributed by atoms with E-state index < -0.39 is 5.97 Å². The molecule has 0 aliphatic heterocycles. The van der Waals surface area contributed by atoms with Crippen LogP contribution in [-0.4, -0.2) is 18.5 Å². The van der Waals surface area contributed by atoms with E-state index in [4.69, 9.17) is 4.74 Å². The second-order valence-electron chi connectivity index (χ2n) is 4.47. The number of anilines is 1. The second kappa shape index (κ2) is 7.21. The van der Waals surface area contributed by atoms with E-state index >= 15 is 0 Å². The molecule has 0 heterocycles. The smallest absolute Gasteiger partial charge is 0.339 e. The molecule has 0 radical (unpaired) electrons. The first-order valence-electron chi connectivity index (χ1n) is 6.34. The zero-order chi connectivity index (χ0) is 15.2. The minimum Gasteiger partial charge on any atom is -0.452 e. The molecule has 0 fully saturated rings. The number of aryl methyl sites for hydroxylation is 1. The van der Waals surface area contributed by atoms with Crippen LogP contribution in [0.5, 0.6) is 0 Å². The van der Waals surface area contributed by atoms with Crippen molar-refractivity contribution in [2.45, 2.75) is 6.92 Å². The largest absolute Gasteiger partial charge is 0.452 e. The number of nitrogens with one attached hydrogen (secondary N) is 1. The maximum absolute atomic E-state index is 11.9. The Morgan fingerprint density at radius 2 is 1.90 bits per heavy atom. The third-order valence-electron chi connectivity index (χ3n) is 2.73. The third-order valence-corrected chi connectivity index (χ3v) is 3.67. The summed E-state index contributed by atoms with van der Waals surface area (Å²) in [5.41, 5.74) is 2.19. The first-order chi connectivity index (χ1) is 10.1.